The summed E-state index contributed by atoms with van der Waals surface area (Å²) in [5.74, 6) is -2.42. The van der Waals surface area contributed by atoms with Gasteiger partial charge < -0.3 is 31.3 Å². The Balaban J connectivity index is 2.65. The molecular formula is C15H21N3O6. The van der Waals surface area contributed by atoms with Gasteiger partial charge in [0, 0.05) is 0 Å². The molecule has 0 aliphatic heterocycles. The number of aromatic hydroxyl groups is 1. The normalized spacial score (nSPS) is 12.9. The van der Waals surface area contributed by atoms with Crippen molar-refractivity contribution in [1.82, 2.24) is 16.0 Å². The van der Waals surface area contributed by atoms with Crippen LogP contribution in [-0.2, 0) is 20.8 Å². The fraction of sp³-hybridized carbons (Fsp3) is 0.400. The van der Waals surface area contributed by atoms with Gasteiger partial charge in [-0.25, -0.2) is 0 Å². The monoisotopic (exact) mass is 339 g/mol. The van der Waals surface area contributed by atoms with Crippen LogP contribution in [-0.4, -0.2) is 65.4 Å². The van der Waals surface area contributed by atoms with Gasteiger partial charge in [0.25, 0.3) is 0 Å². The maximum Gasteiger partial charge on any atom is 0.322 e. The number of phenolic OH excluding ortho intramolecular Hbond substituents is 1. The smallest absolute Gasteiger partial charge is 0.322 e. The van der Waals surface area contributed by atoms with Crippen molar-refractivity contribution in [2.75, 3.05) is 20.2 Å². The van der Waals surface area contributed by atoms with E-state index >= 15 is 0 Å². The fourth-order valence-corrected chi connectivity index (χ4v) is 1.95. The molecule has 132 valence electrons. The second-order valence-corrected chi connectivity index (χ2v) is 5.07. The number of carboxylic acids is 1. The minimum Gasteiger partial charge on any atom is -0.508 e. The molecule has 0 heterocycles. The first-order chi connectivity index (χ1) is 11.4. The molecular weight excluding hydrogens is 318 g/mol. The van der Waals surface area contributed by atoms with E-state index in [-0.39, 0.29) is 5.75 Å². The van der Waals surface area contributed by atoms with Crippen LogP contribution in [0, 0.1) is 0 Å². The molecule has 0 spiro atoms. The van der Waals surface area contributed by atoms with Gasteiger partial charge in [-0.2, -0.15) is 0 Å². The van der Waals surface area contributed by atoms with Crippen LogP contribution in [0.25, 0.3) is 0 Å². The van der Waals surface area contributed by atoms with E-state index in [1.165, 1.54) is 12.1 Å². The van der Waals surface area contributed by atoms with E-state index in [1.807, 2.05) is 0 Å². The van der Waals surface area contributed by atoms with Gasteiger partial charge in [0.05, 0.1) is 12.6 Å². The summed E-state index contributed by atoms with van der Waals surface area (Å²) in [7, 11) is 1.57. The lowest BCUT2D eigenvalue weighted by atomic mass is 10.0. The number of rotatable bonds is 9. The van der Waals surface area contributed by atoms with Crippen molar-refractivity contribution < 1.29 is 29.7 Å². The summed E-state index contributed by atoms with van der Waals surface area (Å²) in [5, 5.41) is 34.2. The Morgan fingerprint density at radius 3 is 2.21 bits per heavy atom. The van der Waals surface area contributed by atoms with E-state index < -0.39 is 43.0 Å². The summed E-state index contributed by atoms with van der Waals surface area (Å²) in [6, 6.07) is 4.40. The quantitative estimate of drug-likeness (QED) is 0.311. The van der Waals surface area contributed by atoms with Crippen LogP contribution in [0.4, 0.5) is 0 Å². The molecule has 0 bridgehead atoms. The first kappa shape index (κ1) is 19.4. The van der Waals surface area contributed by atoms with Gasteiger partial charge in [0.2, 0.25) is 11.8 Å². The van der Waals surface area contributed by atoms with Gasteiger partial charge in [0.1, 0.15) is 18.3 Å². The molecule has 9 nitrogen and oxygen atoms in total. The van der Waals surface area contributed by atoms with Gasteiger partial charge in [0.15, 0.2) is 0 Å². The van der Waals surface area contributed by atoms with E-state index in [4.69, 9.17) is 5.11 Å². The molecule has 0 fully saturated rings. The Morgan fingerprint density at radius 2 is 1.71 bits per heavy atom. The number of aliphatic hydroxyl groups is 1. The summed E-state index contributed by atoms with van der Waals surface area (Å²) in [4.78, 5) is 34.4. The zero-order valence-corrected chi connectivity index (χ0v) is 13.2. The van der Waals surface area contributed by atoms with E-state index in [0.29, 0.717) is 6.42 Å². The van der Waals surface area contributed by atoms with Crippen LogP contribution in [0.3, 0.4) is 0 Å². The summed E-state index contributed by atoms with van der Waals surface area (Å²) in [5.41, 5.74) is 0.790. The Hall–Kier alpha value is -2.65. The number of nitrogens with one attached hydrogen (secondary N) is 3. The van der Waals surface area contributed by atoms with Crippen LogP contribution in [0.2, 0.25) is 0 Å². The molecule has 0 aliphatic rings. The minimum absolute atomic E-state index is 0.111. The zero-order chi connectivity index (χ0) is 18.1. The number of aliphatic hydroxyl groups excluding tert-OH is 1. The van der Waals surface area contributed by atoms with Crippen molar-refractivity contribution in [1.29, 1.82) is 0 Å². The third-order valence-electron chi connectivity index (χ3n) is 3.27. The molecule has 1 rings (SSSR count). The highest BCUT2D eigenvalue weighted by molar-refractivity contribution is 5.91. The van der Waals surface area contributed by atoms with Gasteiger partial charge in [-0.1, -0.05) is 12.1 Å². The highest BCUT2D eigenvalue weighted by atomic mass is 16.4. The Morgan fingerprint density at radius 1 is 1.08 bits per heavy atom. The number of carbonyl (C=O) groups is 3. The molecule has 2 atom stereocenters. The van der Waals surface area contributed by atoms with Crippen molar-refractivity contribution in [2.24, 2.45) is 0 Å². The van der Waals surface area contributed by atoms with Crippen molar-refractivity contribution in [2.45, 2.75) is 18.5 Å². The molecule has 0 radical (unpaired) electrons. The molecule has 24 heavy (non-hydrogen) atoms. The average Bonchev–Trinajstić information content (AvgIpc) is 2.56. The van der Waals surface area contributed by atoms with E-state index in [1.54, 1.807) is 19.2 Å². The first-order valence-corrected chi connectivity index (χ1v) is 7.23. The highest BCUT2D eigenvalue weighted by Gasteiger charge is 2.24. The molecule has 0 aromatic heterocycles. The molecule has 0 aliphatic carbocycles. The van der Waals surface area contributed by atoms with Crippen molar-refractivity contribution in [3.63, 3.8) is 0 Å². The number of phenols is 1. The lowest BCUT2D eigenvalue weighted by molar-refractivity contribution is -0.138. The van der Waals surface area contributed by atoms with Crippen LogP contribution in [0.5, 0.6) is 5.75 Å². The number of likely N-dealkylation sites (N-methyl/N-ethyl adjacent to an activating group) is 1. The lowest BCUT2D eigenvalue weighted by Gasteiger charge is -2.20. The van der Waals surface area contributed by atoms with Gasteiger partial charge in [-0.05, 0) is 31.2 Å². The van der Waals surface area contributed by atoms with Crippen LogP contribution >= 0.6 is 0 Å². The predicted molar refractivity (Wildman–Crippen MR) is 84.3 cm³/mol. The van der Waals surface area contributed by atoms with Crippen LogP contribution in [0.1, 0.15) is 5.56 Å². The van der Waals surface area contributed by atoms with Gasteiger partial charge in [-0.3, -0.25) is 14.4 Å². The third kappa shape index (κ3) is 6.23. The summed E-state index contributed by atoms with van der Waals surface area (Å²) >= 11 is 0. The second-order valence-electron chi connectivity index (χ2n) is 5.07. The standard InChI is InChI=1S/C15H21N3O6/c1-16-11(6-9-2-4-10(20)5-3-9)15(24)18-12(8-19)14(23)17-7-13(21)22/h2-5,11-12,16,19-20H,6-8H2,1H3,(H,17,23)(H,18,24)(H,21,22)/t11-,12?/m0/s1. The van der Waals surface area contributed by atoms with E-state index in [9.17, 15) is 24.6 Å². The molecule has 2 amide bonds. The van der Waals surface area contributed by atoms with Crippen molar-refractivity contribution in [3.8, 4) is 5.75 Å². The zero-order valence-electron chi connectivity index (χ0n) is 13.2. The number of hydrogen-bond donors (Lipinski definition) is 6. The SMILES string of the molecule is CN[C@@H](Cc1ccc(O)cc1)C(=O)NC(CO)C(=O)NCC(=O)O. The summed E-state index contributed by atoms with van der Waals surface area (Å²) < 4.78 is 0. The average molecular weight is 339 g/mol. The maximum absolute atomic E-state index is 12.2. The molecule has 0 saturated heterocycles. The van der Waals surface area contributed by atoms with E-state index in [0.717, 1.165) is 5.56 Å². The van der Waals surface area contributed by atoms with Crippen LogP contribution < -0.4 is 16.0 Å². The van der Waals surface area contributed by atoms with E-state index in [2.05, 4.69) is 16.0 Å². The van der Waals surface area contributed by atoms with Crippen LogP contribution in [0.15, 0.2) is 24.3 Å². The number of aliphatic carboxylic acids is 1. The number of benzene rings is 1. The minimum atomic E-state index is -1.24. The molecule has 1 aromatic rings. The largest absolute Gasteiger partial charge is 0.508 e. The molecule has 0 saturated carbocycles. The van der Waals surface area contributed by atoms with Crippen molar-refractivity contribution >= 4 is 17.8 Å². The molecule has 6 N–H and O–H groups in total. The highest BCUT2D eigenvalue weighted by Crippen LogP contribution is 2.11. The summed E-state index contributed by atoms with van der Waals surface area (Å²) in [6.45, 7) is -1.26. The van der Waals surface area contributed by atoms with Gasteiger partial charge >= 0.3 is 5.97 Å². The number of amides is 2. The topological polar surface area (TPSA) is 148 Å². The Kier molecular flexibility index (Phi) is 7.66. The molecule has 1 aromatic carbocycles. The maximum atomic E-state index is 12.2. The molecule has 9 heteroatoms. The summed E-state index contributed by atoms with van der Waals surface area (Å²) in [6.07, 6.45) is 0.303. The molecule has 1 unspecified atom stereocenters. The Labute approximate surface area is 138 Å². The lowest BCUT2D eigenvalue weighted by Crippen LogP contribution is -2.54. The number of hydrogen-bond acceptors (Lipinski definition) is 6. The predicted octanol–water partition coefficient (Wildman–Crippen LogP) is -1.80. The number of carbonyl (C=O) groups excluding carboxylic acids is 2. The van der Waals surface area contributed by atoms with Gasteiger partial charge in [-0.15, -0.1) is 0 Å². The van der Waals surface area contributed by atoms with Crippen molar-refractivity contribution in [3.05, 3.63) is 29.8 Å². The fourth-order valence-electron chi connectivity index (χ4n) is 1.95. The number of carboxylic acid groups (broad SMARTS) is 1. The Bertz CT molecular complexity index is 575. The first-order valence-electron chi connectivity index (χ1n) is 7.23. The second kappa shape index (κ2) is 9.48. The third-order valence-corrected chi connectivity index (χ3v) is 3.27.